The van der Waals surface area contributed by atoms with Gasteiger partial charge in [-0.3, -0.25) is 4.90 Å². The summed E-state index contributed by atoms with van der Waals surface area (Å²) >= 11 is 0. The maximum atomic E-state index is 10.8. The molecule has 19 heavy (non-hydrogen) atoms. The molecule has 1 aliphatic carbocycles. The van der Waals surface area contributed by atoms with Gasteiger partial charge in [-0.2, -0.15) is 0 Å². The van der Waals surface area contributed by atoms with Crippen molar-refractivity contribution in [2.75, 3.05) is 0 Å². The number of rotatable bonds is 6. The normalized spacial score (nSPS) is 15.0. The number of hydrogen-bond donors (Lipinski definition) is 1. The van der Waals surface area contributed by atoms with Crippen LogP contribution >= 0.6 is 0 Å². The predicted molar refractivity (Wildman–Crippen MR) is 64.4 cm³/mol. The van der Waals surface area contributed by atoms with Gasteiger partial charge in [-0.05, 0) is 25.0 Å². The van der Waals surface area contributed by atoms with Gasteiger partial charge in [0.05, 0.1) is 19.4 Å². The minimum absolute atomic E-state index is 0.0521. The molecule has 1 saturated carbocycles. The predicted octanol–water partition coefficient (Wildman–Crippen LogP) is 2.13. The molecular weight excluding hydrogens is 248 g/mol. The standard InChI is InChI=1S/C13H14N2O4/c16-13(17)12-6-11(19-14-12)8-15(9-3-4-9)7-10-2-1-5-18-10/h1-2,5-6,9H,3-4,7-8H2,(H,16,17). The number of furan rings is 1. The van der Waals surface area contributed by atoms with Crippen LogP contribution in [0.25, 0.3) is 0 Å². The van der Waals surface area contributed by atoms with E-state index in [-0.39, 0.29) is 5.69 Å². The Bertz CT molecular complexity index is 557. The average molecular weight is 262 g/mol. The number of aromatic nitrogens is 1. The summed E-state index contributed by atoms with van der Waals surface area (Å²) in [7, 11) is 0. The lowest BCUT2D eigenvalue weighted by molar-refractivity contribution is 0.0685. The quantitative estimate of drug-likeness (QED) is 0.859. The second kappa shape index (κ2) is 4.89. The molecule has 0 unspecified atom stereocenters. The van der Waals surface area contributed by atoms with Crippen LogP contribution in [-0.2, 0) is 13.1 Å². The minimum atomic E-state index is -1.07. The molecule has 0 spiro atoms. The Kier molecular flexibility index (Phi) is 3.08. The summed E-state index contributed by atoms with van der Waals surface area (Å²) in [6.07, 6.45) is 3.96. The van der Waals surface area contributed by atoms with Gasteiger partial charge < -0.3 is 14.0 Å². The van der Waals surface area contributed by atoms with Crippen LogP contribution in [0.15, 0.2) is 33.4 Å². The fraction of sp³-hybridized carbons (Fsp3) is 0.385. The molecule has 0 radical (unpaired) electrons. The first-order valence-corrected chi connectivity index (χ1v) is 6.17. The van der Waals surface area contributed by atoms with Gasteiger partial charge in [0.25, 0.3) is 0 Å². The molecule has 0 bridgehead atoms. The highest BCUT2D eigenvalue weighted by Crippen LogP contribution is 2.30. The zero-order valence-electron chi connectivity index (χ0n) is 10.3. The average Bonchev–Trinajstić information content (AvgIpc) is 2.90. The molecule has 0 amide bonds. The Labute approximate surface area is 109 Å². The van der Waals surface area contributed by atoms with Crippen LogP contribution in [0.5, 0.6) is 0 Å². The maximum Gasteiger partial charge on any atom is 0.358 e. The van der Waals surface area contributed by atoms with Crippen molar-refractivity contribution in [3.8, 4) is 0 Å². The van der Waals surface area contributed by atoms with E-state index < -0.39 is 5.97 Å². The molecular formula is C13H14N2O4. The lowest BCUT2D eigenvalue weighted by atomic mass is 10.3. The summed E-state index contributed by atoms with van der Waals surface area (Å²) in [4.78, 5) is 13.0. The Balaban J connectivity index is 1.68. The van der Waals surface area contributed by atoms with Crippen molar-refractivity contribution in [1.29, 1.82) is 0 Å². The summed E-state index contributed by atoms with van der Waals surface area (Å²) in [6.45, 7) is 1.24. The molecule has 1 N–H and O–H groups in total. The van der Waals surface area contributed by atoms with Crippen molar-refractivity contribution in [3.63, 3.8) is 0 Å². The first-order valence-electron chi connectivity index (χ1n) is 6.17. The maximum absolute atomic E-state index is 10.8. The number of carbonyl (C=O) groups is 1. The summed E-state index contributed by atoms with van der Waals surface area (Å²) in [5, 5.41) is 12.3. The van der Waals surface area contributed by atoms with E-state index in [2.05, 4.69) is 10.1 Å². The summed E-state index contributed by atoms with van der Waals surface area (Å²) < 4.78 is 10.4. The van der Waals surface area contributed by atoms with E-state index in [1.807, 2.05) is 12.1 Å². The van der Waals surface area contributed by atoms with Gasteiger partial charge >= 0.3 is 5.97 Å². The Morgan fingerprint density at radius 2 is 2.21 bits per heavy atom. The smallest absolute Gasteiger partial charge is 0.358 e. The Hall–Kier alpha value is -2.08. The zero-order valence-corrected chi connectivity index (χ0v) is 10.3. The van der Waals surface area contributed by atoms with Crippen LogP contribution in [0.4, 0.5) is 0 Å². The lowest BCUT2D eigenvalue weighted by Crippen LogP contribution is -2.24. The van der Waals surface area contributed by atoms with E-state index in [1.165, 1.54) is 6.07 Å². The molecule has 0 aliphatic heterocycles. The number of carboxylic acid groups (broad SMARTS) is 1. The summed E-state index contributed by atoms with van der Waals surface area (Å²) in [5.74, 6) is 0.389. The van der Waals surface area contributed by atoms with Gasteiger partial charge in [-0.15, -0.1) is 0 Å². The summed E-state index contributed by atoms with van der Waals surface area (Å²) in [6, 6.07) is 5.78. The van der Waals surface area contributed by atoms with Gasteiger partial charge in [-0.1, -0.05) is 5.16 Å². The van der Waals surface area contributed by atoms with Crippen LogP contribution in [0.3, 0.4) is 0 Å². The third-order valence-electron chi connectivity index (χ3n) is 3.14. The topological polar surface area (TPSA) is 79.7 Å². The second-order valence-corrected chi connectivity index (χ2v) is 4.70. The number of aromatic carboxylic acids is 1. The van der Waals surface area contributed by atoms with Crippen LogP contribution in [0.2, 0.25) is 0 Å². The molecule has 0 atom stereocenters. The Morgan fingerprint density at radius 1 is 1.42 bits per heavy atom. The van der Waals surface area contributed by atoms with Gasteiger partial charge in [0.15, 0.2) is 11.5 Å². The highest BCUT2D eigenvalue weighted by molar-refractivity contribution is 5.85. The molecule has 2 heterocycles. The molecule has 0 aromatic carbocycles. The summed E-state index contributed by atoms with van der Waals surface area (Å²) in [5.41, 5.74) is -0.0521. The van der Waals surface area contributed by atoms with Crippen LogP contribution in [0.1, 0.15) is 34.9 Å². The zero-order chi connectivity index (χ0) is 13.2. The van der Waals surface area contributed by atoms with E-state index in [4.69, 9.17) is 14.0 Å². The molecule has 6 nitrogen and oxygen atoms in total. The minimum Gasteiger partial charge on any atom is -0.476 e. The molecule has 2 aromatic rings. The van der Waals surface area contributed by atoms with Gasteiger partial charge in [0.2, 0.25) is 0 Å². The fourth-order valence-electron chi connectivity index (χ4n) is 2.04. The highest BCUT2D eigenvalue weighted by Gasteiger charge is 2.30. The first-order chi connectivity index (χ1) is 9.22. The molecule has 6 heteroatoms. The van der Waals surface area contributed by atoms with Crippen molar-refractivity contribution in [1.82, 2.24) is 10.1 Å². The van der Waals surface area contributed by atoms with Crippen LogP contribution in [-0.4, -0.2) is 27.2 Å². The third kappa shape index (κ3) is 2.85. The molecule has 2 aromatic heterocycles. The van der Waals surface area contributed by atoms with Gasteiger partial charge in [0.1, 0.15) is 5.76 Å². The second-order valence-electron chi connectivity index (χ2n) is 4.70. The van der Waals surface area contributed by atoms with Crippen molar-refractivity contribution in [2.24, 2.45) is 0 Å². The lowest BCUT2D eigenvalue weighted by Gasteiger charge is -2.18. The van der Waals surface area contributed by atoms with Crippen molar-refractivity contribution >= 4 is 5.97 Å². The third-order valence-corrected chi connectivity index (χ3v) is 3.14. The van der Waals surface area contributed by atoms with E-state index in [0.717, 1.165) is 18.6 Å². The van der Waals surface area contributed by atoms with Crippen molar-refractivity contribution < 1.29 is 18.8 Å². The van der Waals surface area contributed by atoms with Crippen LogP contribution in [0, 0.1) is 0 Å². The van der Waals surface area contributed by atoms with Crippen molar-refractivity contribution in [3.05, 3.63) is 41.7 Å². The van der Waals surface area contributed by atoms with Crippen molar-refractivity contribution in [2.45, 2.75) is 32.0 Å². The molecule has 3 rings (SSSR count). The number of nitrogens with zero attached hydrogens (tertiary/aromatic N) is 2. The van der Waals surface area contributed by atoms with E-state index in [1.54, 1.807) is 6.26 Å². The fourth-order valence-corrected chi connectivity index (χ4v) is 2.04. The molecule has 1 fully saturated rings. The molecule has 0 saturated heterocycles. The van der Waals surface area contributed by atoms with E-state index in [9.17, 15) is 4.79 Å². The number of carboxylic acids is 1. The Morgan fingerprint density at radius 3 is 2.79 bits per heavy atom. The van der Waals surface area contributed by atoms with Gasteiger partial charge in [0, 0.05) is 12.1 Å². The van der Waals surface area contributed by atoms with Gasteiger partial charge in [-0.25, -0.2) is 4.79 Å². The van der Waals surface area contributed by atoms with Crippen LogP contribution < -0.4 is 0 Å². The molecule has 1 aliphatic rings. The first kappa shape index (κ1) is 12.0. The van der Waals surface area contributed by atoms with E-state index in [0.29, 0.717) is 24.9 Å². The molecule has 100 valence electrons. The largest absolute Gasteiger partial charge is 0.476 e. The highest BCUT2D eigenvalue weighted by atomic mass is 16.5. The SMILES string of the molecule is O=C(O)c1cc(CN(Cc2ccco2)C2CC2)on1. The number of hydrogen-bond acceptors (Lipinski definition) is 5. The monoisotopic (exact) mass is 262 g/mol. The van der Waals surface area contributed by atoms with E-state index >= 15 is 0 Å².